The summed E-state index contributed by atoms with van der Waals surface area (Å²) in [6.45, 7) is 0. The second kappa shape index (κ2) is 6.33. The lowest BCUT2D eigenvalue weighted by Crippen LogP contribution is -2.17. The Kier molecular flexibility index (Phi) is 4.44. The topological polar surface area (TPSA) is 58.2 Å². The van der Waals surface area contributed by atoms with Crippen molar-refractivity contribution in [3.63, 3.8) is 0 Å². The maximum atomic E-state index is 11.6. The number of benzene rings is 1. The van der Waals surface area contributed by atoms with Crippen molar-refractivity contribution in [2.24, 2.45) is 0 Å². The molecule has 0 aliphatic carbocycles. The van der Waals surface area contributed by atoms with E-state index in [1.54, 1.807) is 12.2 Å². The van der Waals surface area contributed by atoms with Gasteiger partial charge in [0.05, 0.1) is 9.81 Å². The van der Waals surface area contributed by atoms with Crippen LogP contribution >= 0.6 is 48.0 Å². The Bertz CT molecular complexity index is 701. The molecular formula is C14H8N2O2S4. The van der Waals surface area contributed by atoms with E-state index in [-0.39, 0.29) is 11.8 Å². The van der Waals surface area contributed by atoms with Gasteiger partial charge in [0.2, 0.25) is 0 Å². The molecule has 4 nitrogen and oxygen atoms in total. The van der Waals surface area contributed by atoms with Gasteiger partial charge in [-0.05, 0) is 23.3 Å². The van der Waals surface area contributed by atoms with Gasteiger partial charge in [-0.15, -0.1) is 0 Å². The second-order valence-corrected chi connectivity index (χ2v) is 7.81. The standard InChI is InChI=1S/C14H8N2O2S4/c17-11-9(21-13(19)15-11)5-7-1-2-8(4-3-7)6-10-12(18)16-14(20)22-10/h1-6H,(H,15,17,19)(H,16,18,20)/b9-5-,10-6-. The Balaban J connectivity index is 1.79. The van der Waals surface area contributed by atoms with Crippen LogP contribution in [-0.4, -0.2) is 20.5 Å². The van der Waals surface area contributed by atoms with Gasteiger partial charge < -0.3 is 10.6 Å². The molecule has 2 saturated heterocycles. The van der Waals surface area contributed by atoms with Crippen molar-refractivity contribution in [3.8, 4) is 0 Å². The lowest BCUT2D eigenvalue weighted by atomic mass is 10.1. The van der Waals surface area contributed by atoms with Gasteiger partial charge in [-0.1, -0.05) is 72.2 Å². The summed E-state index contributed by atoms with van der Waals surface area (Å²) >= 11 is 12.4. The number of hydrogen-bond acceptors (Lipinski definition) is 6. The van der Waals surface area contributed by atoms with E-state index in [1.165, 1.54) is 23.5 Å². The van der Waals surface area contributed by atoms with Gasteiger partial charge in [-0.25, -0.2) is 0 Å². The molecule has 0 atom stereocenters. The summed E-state index contributed by atoms with van der Waals surface area (Å²) in [5, 5.41) is 5.15. The smallest absolute Gasteiger partial charge is 0.263 e. The number of nitrogens with one attached hydrogen (secondary N) is 2. The van der Waals surface area contributed by atoms with Crippen LogP contribution in [0.2, 0.25) is 0 Å². The first-order valence-corrected chi connectivity index (χ1v) is 8.56. The largest absolute Gasteiger partial charge is 0.307 e. The first-order chi connectivity index (χ1) is 10.5. The lowest BCUT2D eigenvalue weighted by molar-refractivity contribution is -0.116. The zero-order valence-electron chi connectivity index (χ0n) is 10.9. The molecule has 0 unspecified atom stereocenters. The van der Waals surface area contributed by atoms with Crippen molar-refractivity contribution in [1.29, 1.82) is 0 Å². The van der Waals surface area contributed by atoms with E-state index in [0.29, 0.717) is 18.5 Å². The molecular weight excluding hydrogens is 356 g/mol. The summed E-state index contributed by atoms with van der Waals surface area (Å²) in [5.41, 5.74) is 1.78. The molecule has 2 fully saturated rings. The molecule has 0 aromatic heterocycles. The van der Waals surface area contributed by atoms with E-state index in [0.717, 1.165) is 11.1 Å². The summed E-state index contributed by atoms with van der Waals surface area (Å²) in [5.74, 6) is -0.345. The molecule has 0 bridgehead atoms. The normalized spacial score (nSPS) is 21.6. The molecule has 2 aliphatic heterocycles. The summed E-state index contributed by atoms with van der Waals surface area (Å²) < 4.78 is 0.940. The van der Waals surface area contributed by atoms with Crippen molar-refractivity contribution in [2.75, 3.05) is 0 Å². The SMILES string of the molecule is O=C1NC(=S)S/C1=C\c1ccc(/C=C2\SC(=S)NC2=O)cc1. The molecule has 2 amide bonds. The fourth-order valence-electron chi connectivity index (χ4n) is 1.83. The third-order valence-electron chi connectivity index (χ3n) is 2.82. The fourth-order valence-corrected chi connectivity index (χ4v) is 3.92. The highest BCUT2D eigenvalue weighted by Gasteiger charge is 2.22. The Morgan fingerprint density at radius 1 is 0.773 bits per heavy atom. The molecule has 1 aromatic rings. The maximum absolute atomic E-state index is 11.6. The van der Waals surface area contributed by atoms with Crippen molar-refractivity contribution >= 4 is 80.6 Å². The van der Waals surface area contributed by atoms with E-state index in [9.17, 15) is 9.59 Å². The lowest BCUT2D eigenvalue weighted by Gasteiger charge is -1.98. The summed E-state index contributed by atoms with van der Waals surface area (Å²) in [6, 6.07) is 7.52. The molecule has 2 N–H and O–H groups in total. The highest BCUT2D eigenvalue weighted by atomic mass is 32.2. The first-order valence-electron chi connectivity index (χ1n) is 6.11. The predicted molar refractivity (Wildman–Crippen MR) is 99.1 cm³/mol. The van der Waals surface area contributed by atoms with Crippen molar-refractivity contribution < 1.29 is 9.59 Å². The molecule has 2 heterocycles. The number of carbonyl (C=O) groups excluding carboxylic acids is 2. The minimum Gasteiger partial charge on any atom is -0.307 e. The molecule has 0 radical (unpaired) electrons. The van der Waals surface area contributed by atoms with E-state index in [4.69, 9.17) is 24.4 Å². The molecule has 1 aromatic carbocycles. The average molecular weight is 364 g/mol. The van der Waals surface area contributed by atoms with Gasteiger partial charge in [0.15, 0.2) is 0 Å². The number of rotatable bonds is 2. The Hall–Kier alpha value is -1.48. The van der Waals surface area contributed by atoms with E-state index in [2.05, 4.69) is 10.6 Å². The van der Waals surface area contributed by atoms with Gasteiger partial charge in [0.25, 0.3) is 11.8 Å². The van der Waals surface area contributed by atoms with Crippen LogP contribution in [-0.2, 0) is 9.59 Å². The number of carbonyl (C=O) groups is 2. The minimum atomic E-state index is -0.172. The number of thioether (sulfide) groups is 2. The van der Waals surface area contributed by atoms with Crippen LogP contribution in [0, 0.1) is 0 Å². The quantitative estimate of drug-likeness (QED) is 0.622. The summed E-state index contributed by atoms with van der Waals surface area (Å²) in [6.07, 6.45) is 3.56. The van der Waals surface area contributed by atoms with Crippen LogP contribution in [0.5, 0.6) is 0 Å². The third kappa shape index (κ3) is 3.46. The van der Waals surface area contributed by atoms with Gasteiger partial charge in [-0.2, -0.15) is 0 Å². The minimum absolute atomic E-state index is 0.172. The van der Waals surface area contributed by atoms with Crippen LogP contribution < -0.4 is 10.6 Å². The van der Waals surface area contributed by atoms with E-state index >= 15 is 0 Å². The first kappa shape index (κ1) is 15.4. The molecule has 3 rings (SSSR count). The highest BCUT2D eigenvalue weighted by molar-refractivity contribution is 8.27. The van der Waals surface area contributed by atoms with Crippen molar-refractivity contribution in [3.05, 3.63) is 45.2 Å². The van der Waals surface area contributed by atoms with Gasteiger partial charge in [0.1, 0.15) is 8.64 Å². The number of hydrogen-bond donors (Lipinski definition) is 2. The van der Waals surface area contributed by atoms with Crippen LogP contribution in [0.25, 0.3) is 12.2 Å². The average Bonchev–Trinajstić information content (AvgIpc) is 2.94. The Labute approximate surface area is 145 Å². The monoisotopic (exact) mass is 364 g/mol. The fraction of sp³-hybridized carbons (Fsp3) is 0. The van der Waals surface area contributed by atoms with Crippen molar-refractivity contribution in [1.82, 2.24) is 10.6 Å². The van der Waals surface area contributed by atoms with Crippen LogP contribution in [0.3, 0.4) is 0 Å². The predicted octanol–water partition coefficient (Wildman–Crippen LogP) is 2.66. The summed E-state index contributed by atoms with van der Waals surface area (Å²) in [4.78, 5) is 24.3. The van der Waals surface area contributed by atoms with Gasteiger partial charge >= 0.3 is 0 Å². The Morgan fingerprint density at radius 2 is 1.14 bits per heavy atom. The molecule has 0 saturated carbocycles. The van der Waals surface area contributed by atoms with Crippen LogP contribution in [0.1, 0.15) is 11.1 Å². The van der Waals surface area contributed by atoms with E-state index < -0.39 is 0 Å². The van der Waals surface area contributed by atoms with Crippen LogP contribution in [0.4, 0.5) is 0 Å². The second-order valence-electron chi connectivity index (χ2n) is 4.37. The summed E-state index contributed by atoms with van der Waals surface area (Å²) in [7, 11) is 0. The van der Waals surface area contributed by atoms with Gasteiger partial charge in [-0.3, -0.25) is 9.59 Å². The maximum Gasteiger partial charge on any atom is 0.263 e. The zero-order chi connectivity index (χ0) is 15.7. The third-order valence-corrected chi connectivity index (χ3v) is 5.14. The number of thiocarbonyl (C=S) groups is 2. The molecule has 22 heavy (non-hydrogen) atoms. The molecule has 2 aliphatic rings. The number of amides is 2. The molecule has 8 heteroatoms. The Morgan fingerprint density at radius 3 is 1.41 bits per heavy atom. The molecule has 0 spiro atoms. The van der Waals surface area contributed by atoms with E-state index in [1.807, 2.05) is 24.3 Å². The highest BCUT2D eigenvalue weighted by Crippen LogP contribution is 2.27. The molecule has 110 valence electrons. The van der Waals surface area contributed by atoms with Gasteiger partial charge in [0, 0.05) is 0 Å². The zero-order valence-corrected chi connectivity index (χ0v) is 14.2. The van der Waals surface area contributed by atoms with Crippen molar-refractivity contribution in [2.45, 2.75) is 0 Å². The van der Waals surface area contributed by atoms with Crippen LogP contribution in [0.15, 0.2) is 34.1 Å².